The standard InChI is InChI=1S/C8H12NO6P/c1-5-8(11)7(3-10)6(2-9-5)4-15-16(12,13)14/h2,10-11H,3-4H2,1H3,(H2,12,13,14)/p-2. The molecule has 0 radical (unpaired) electrons. The summed E-state index contributed by atoms with van der Waals surface area (Å²) in [4.78, 5) is 24.3. The number of aromatic nitrogens is 1. The fourth-order valence-corrected chi connectivity index (χ4v) is 1.43. The second kappa shape index (κ2) is 4.90. The monoisotopic (exact) mass is 247 g/mol. The zero-order chi connectivity index (χ0) is 12.3. The first-order valence-electron chi connectivity index (χ1n) is 4.29. The molecule has 1 aromatic rings. The molecule has 0 bridgehead atoms. The van der Waals surface area contributed by atoms with Crippen molar-refractivity contribution in [2.75, 3.05) is 0 Å². The molecule has 0 aliphatic heterocycles. The number of aryl methyl sites for hydroxylation is 1. The van der Waals surface area contributed by atoms with Crippen LogP contribution in [0.25, 0.3) is 0 Å². The van der Waals surface area contributed by atoms with Gasteiger partial charge in [0.15, 0.2) is 0 Å². The molecular weight excluding hydrogens is 237 g/mol. The highest BCUT2D eigenvalue weighted by Gasteiger charge is 2.11. The van der Waals surface area contributed by atoms with E-state index in [0.717, 1.165) is 0 Å². The van der Waals surface area contributed by atoms with Crippen LogP contribution in [0, 0.1) is 6.92 Å². The van der Waals surface area contributed by atoms with E-state index in [1.807, 2.05) is 0 Å². The predicted molar refractivity (Wildman–Crippen MR) is 49.0 cm³/mol. The number of nitrogens with zero attached hydrogens (tertiary/aromatic N) is 1. The Labute approximate surface area is 91.6 Å². The summed E-state index contributed by atoms with van der Waals surface area (Å²) in [6.07, 6.45) is 1.23. The van der Waals surface area contributed by atoms with Gasteiger partial charge in [0.05, 0.1) is 26.7 Å². The van der Waals surface area contributed by atoms with Crippen molar-refractivity contribution in [3.8, 4) is 5.75 Å². The molecule has 2 N–H and O–H groups in total. The number of phosphoric acid groups is 1. The van der Waals surface area contributed by atoms with E-state index >= 15 is 0 Å². The summed E-state index contributed by atoms with van der Waals surface area (Å²) < 4.78 is 14.3. The Bertz CT molecular complexity index is 429. The predicted octanol–water partition coefficient (Wildman–Crippen LogP) is -1.07. The van der Waals surface area contributed by atoms with Gasteiger partial charge in [-0.2, -0.15) is 0 Å². The van der Waals surface area contributed by atoms with Gasteiger partial charge in [-0.1, -0.05) is 0 Å². The average molecular weight is 247 g/mol. The van der Waals surface area contributed by atoms with Crippen molar-refractivity contribution in [2.24, 2.45) is 0 Å². The van der Waals surface area contributed by atoms with Gasteiger partial charge in [-0.3, -0.25) is 4.98 Å². The molecule has 0 amide bonds. The average Bonchev–Trinajstić information content (AvgIpc) is 2.18. The molecule has 1 aromatic heterocycles. The van der Waals surface area contributed by atoms with Gasteiger partial charge in [-0.05, 0) is 6.92 Å². The Hall–Kier alpha value is -0.980. The maximum Gasteiger partial charge on any atom is 0.142 e. The van der Waals surface area contributed by atoms with Gasteiger partial charge in [0.2, 0.25) is 0 Å². The van der Waals surface area contributed by atoms with E-state index in [0.29, 0.717) is 5.69 Å². The van der Waals surface area contributed by atoms with Crippen LogP contribution in [0.3, 0.4) is 0 Å². The Morgan fingerprint density at radius 3 is 2.69 bits per heavy atom. The Morgan fingerprint density at radius 1 is 1.56 bits per heavy atom. The Balaban J connectivity index is 2.97. The topological polar surface area (TPSA) is 126 Å². The van der Waals surface area contributed by atoms with Crippen molar-refractivity contribution in [2.45, 2.75) is 20.1 Å². The number of rotatable bonds is 4. The first-order chi connectivity index (χ1) is 7.35. The molecule has 0 saturated carbocycles. The van der Waals surface area contributed by atoms with E-state index in [-0.39, 0.29) is 16.9 Å². The maximum absolute atomic E-state index is 10.3. The van der Waals surface area contributed by atoms with Crippen LogP contribution in [0.4, 0.5) is 0 Å². The number of aromatic hydroxyl groups is 1. The summed E-state index contributed by atoms with van der Waals surface area (Å²) in [5, 5.41) is 18.5. The highest BCUT2D eigenvalue weighted by molar-refractivity contribution is 7.43. The van der Waals surface area contributed by atoms with Gasteiger partial charge in [0.1, 0.15) is 5.75 Å². The minimum Gasteiger partial charge on any atom is -0.790 e. The quantitative estimate of drug-likeness (QED) is 0.649. The Kier molecular flexibility index (Phi) is 4.01. The molecule has 0 aliphatic rings. The number of pyridine rings is 1. The fourth-order valence-electron chi connectivity index (χ4n) is 1.13. The van der Waals surface area contributed by atoms with Crippen LogP contribution in [0.5, 0.6) is 5.75 Å². The molecule has 0 spiro atoms. The number of phosphoric ester groups is 1. The normalized spacial score (nSPS) is 11.8. The van der Waals surface area contributed by atoms with Crippen LogP contribution < -0.4 is 9.79 Å². The van der Waals surface area contributed by atoms with Crippen molar-refractivity contribution in [1.29, 1.82) is 0 Å². The molecule has 1 heterocycles. The molecule has 16 heavy (non-hydrogen) atoms. The van der Waals surface area contributed by atoms with E-state index in [1.54, 1.807) is 0 Å². The third-order valence-electron chi connectivity index (χ3n) is 1.97. The van der Waals surface area contributed by atoms with E-state index in [4.69, 9.17) is 5.11 Å². The summed E-state index contributed by atoms with van der Waals surface area (Å²) in [6, 6.07) is 0. The lowest BCUT2D eigenvalue weighted by Gasteiger charge is -2.28. The van der Waals surface area contributed by atoms with Crippen molar-refractivity contribution in [3.05, 3.63) is 23.0 Å². The molecule has 0 unspecified atom stereocenters. The Morgan fingerprint density at radius 2 is 2.19 bits per heavy atom. The van der Waals surface area contributed by atoms with Crippen LogP contribution in [-0.4, -0.2) is 15.2 Å². The third-order valence-corrected chi connectivity index (χ3v) is 2.41. The van der Waals surface area contributed by atoms with Crippen molar-refractivity contribution < 1.29 is 29.1 Å². The van der Waals surface area contributed by atoms with Crippen LogP contribution in [-0.2, 0) is 22.3 Å². The highest BCUT2D eigenvalue weighted by atomic mass is 31.2. The van der Waals surface area contributed by atoms with Crippen molar-refractivity contribution >= 4 is 7.82 Å². The summed E-state index contributed by atoms with van der Waals surface area (Å²) >= 11 is 0. The fraction of sp³-hybridized carbons (Fsp3) is 0.375. The maximum atomic E-state index is 10.3. The number of hydrogen-bond acceptors (Lipinski definition) is 7. The number of aliphatic hydroxyl groups is 1. The van der Waals surface area contributed by atoms with Gasteiger partial charge < -0.3 is 29.1 Å². The number of aliphatic hydroxyl groups excluding tert-OH is 1. The highest BCUT2D eigenvalue weighted by Crippen LogP contribution is 2.30. The van der Waals surface area contributed by atoms with Crippen LogP contribution in [0.15, 0.2) is 6.20 Å². The smallest absolute Gasteiger partial charge is 0.142 e. The van der Waals surface area contributed by atoms with Crippen LogP contribution in [0.2, 0.25) is 0 Å². The zero-order valence-electron chi connectivity index (χ0n) is 8.41. The second-order valence-electron chi connectivity index (χ2n) is 3.07. The first kappa shape index (κ1) is 13.1. The summed E-state index contributed by atoms with van der Waals surface area (Å²) in [6.45, 7) is 0.460. The zero-order valence-corrected chi connectivity index (χ0v) is 9.31. The van der Waals surface area contributed by atoms with Gasteiger partial charge in [0, 0.05) is 17.3 Å². The molecule has 90 valence electrons. The lowest BCUT2D eigenvalue weighted by atomic mass is 10.1. The van der Waals surface area contributed by atoms with Crippen molar-refractivity contribution in [3.63, 3.8) is 0 Å². The van der Waals surface area contributed by atoms with Crippen LogP contribution >= 0.6 is 7.82 Å². The summed E-state index contributed by atoms with van der Waals surface area (Å²) in [5.41, 5.74) is 0.540. The molecule has 0 aromatic carbocycles. The minimum absolute atomic E-state index is 0.0981. The molecule has 0 atom stereocenters. The molecule has 0 fully saturated rings. The lowest BCUT2D eigenvalue weighted by molar-refractivity contribution is -0.342. The van der Waals surface area contributed by atoms with E-state index in [1.165, 1.54) is 13.1 Å². The second-order valence-corrected chi connectivity index (χ2v) is 4.23. The van der Waals surface area contributed by atoms with Crippen molar-refractivity contribution in [1.82, 2.24) is 4.98 Å². The third kappa shape index (κ3) is 3.26. The molecular formula is C8H10NO6P-2. The SMILES string of the molecule is Cc1ncc(COP(=O)([O-])[O-])c(CO)c1O. The van der Waals surface area contributed by atoms with E-state index in [2.05, 4.69) is 9.51 Å². The van der Waals surface area contributed by atoms with Gasteiger partial charge in [0.25, 0.3) is 0 Å². The molecule has 1 rings (SSSR count). The molecule has 8 heteroatoms. The first-order valence-corrected chi connectivity index (χ1v) is 5.75. The molecule has 0 saturated heterocycles. The van der Waals surface area contributed by atoms with Gasteiger partial charge in [-0.25, -0.2) is 0 Å². The van der Waals surface area contributed by atoms with Gasteiger partial charge in [-0.15, -0.1) is 0 Å². The van der Waals surface area contributed by atoms with E-state index < -0.39 is 21.0 Å². The minimum atomic E-state index is -5.08. The largest absolute Gasteiger partial charge is 0.790 e. The van der Waals surface area contributed by atoms with Crippen LogP contribution in [0.1, 0.15) is 16.8 Å². The number of hydrogen-bond donors (Lipinski definition) is 2. The lowest BCUT2D eigenvalue weighted by Crippen LogP contribution is -2.16. The molecule has 0 aliphatic carbocycles. The van der Waals surface area contributed by atoms with Gasteiger partial charge >= 0.3 is 0 Å². The van der Waals surface area contributed by atoms with E-state index in [9.17, 15) is 19.5 Å². The summed E-state index contributed by atoms with van der Waals surface area (Å²) in [5.74, 6) is -0.241. The molecule has 7 nitrogen and oxygen atoms in total. The summed E-state index contributed by atoms with van der Waals surface area (Å²) in [7, 11) is -5.08.